The third-order valence-corrected chi connectivity index (χ3v) is 3.79. The van der Waals surface area contributed by atoms with E-state index in [1.165, 1.54) is 0 Å². The quantitative estimate of drug-likeness (QED) is 0.769. The summed E-state index contributed by atoms with van der Waals surface area (Å²) in [5, 5.41) is 0. The number of methoxy groups -OCH3 is 1. The molecule has 3 nitrogen and oxygen atoms in total. The van der Waals surface area contributed by atoms with Gasteiger partial charge in [-0.25, -0.2) is 0 Å². The van der Waals surface area contributed by atoms with Gasteiger partial charge in [0.15, 0.2) is 0 Å². The van der Waals surface area contributed by atoms with Crippen LogP contribution < -0.4 is 9.64 Å². The molecule has 0 radical (unpaired) electrons. The number of alkyl halides is 1. The van der Waals surface area contributed by atoms with E-state index in [0.29, 0.717) is 13.0 Å². The fourth-order valence-corrected chi connectivity index (χ4v) is 2.70. The van der Waals surface area contributed by atoms with Crippen molar-refractivity contribution in [3.05, 3.63) is 22.7 Å². The SMILES string of the molecule is COc1cc(N2CC(Br)CC2=O)ccc1Br. The van der Waals surface area contributed by atoms with Gasteiger partial charge in [-0.15, -0.1) is 0 Å². The molecular weight excluding hydrogens is 338 g/mol. The van der Waals surface area contributed by atoms with Gasteiger partial charge in [-0.2, -0.15) is 0 Å². The molecule has 1 aliphatic heterocycles. The topological polar surface area (TPSA) is 29.5 Å². The number of carbonyl (C=O) groups is 1. The van der Waals surface area contributed by atoms with Crippen molar-refractivity contribution in [2.24, 2.45) is 0 Å². The molecule has 1 unspecified atom stereocenters. The van der Waals surface area contributed by atoms with Gasteiger partial charge in [-0.1, -0.05) is 15.9 Å². The molecule has 5 heteroatoms. The van der Waals surface area contributed by atoms with E-state index in [0.717, 1.165) is 15.9 Å². The number of ether oxygens (including phenoxy) is 1. The van der Waals surface area contributed by atoms with Crippen LogP contribution in [0.3, 0.4) is 0 Å². The summed E-state index contributed by atoms with van der Waals surface area (Å²) in [6.45, 7) is 0.712. The maximum Gasteiger partial charge on any atom is 0.228 e. The zero-order valence-corrected chi connectivity index (χ0v) is 11.9. The monoisotopic (exact) mass is 347 g/mol. The van der Waals surface area contributed by atoms with Gasteiger partial charge in [0.2, 0.25) is 5.91 Å². The van der Waals surface area contributed by atoms with E-state index >= 15 is 0 Å². The van der Waals surface area contributed by atoms with E-state index in [2.05, 4.69) is 31.9 Å². The molecule has 2 rings (SSSR count). The van der Waals surface area contributed by atoms with Crippen molar-refractivity contribution in [3.8, 4) is 5.75 Å². The minimum absolute atomic E-state index is 0.145. The molecule has 0 aliphatic carbocycles. The fourth-order valence-electron chi connectivity index (χ4n) is 1.73. The van der Waals surface area contributed by atoms with Crippen LogP contribution in [0.2, 0.25) is 0 Å². The molecule has 1 heterocycles. The van der Waals surface area contributed by atoms with Crippen molar-refractivity contribution < 1.29 is 9.53 Å². The summed E-state index contributed by atoms with van der Waals surface area (Å²) in [7, 11) is 1.61. The lowest BCUT2D eigenvalue weighted by molar-refractivity contribution is -0.117. The van der Waals surface area contributed by atoms with Crippen molar-refractivity contribution in [1.82, 2.24) is 0 Å². The average Bonchev–Trinajstić information content (AvgIpc) is 2.59. The normalized spacial score (nSPS) is 20.3. The molecule has 1 atom stereocenters. The Hall–Kier alpha value is -0.550. The van der Waals surface area contributed by atoms with Gasteiger partial charge in [0.05, 0.1) is 11.6 Å². The molecular formula is C11H11Br2NO2. The molecule has 0 N–H and O–H groups in total. The molecule has 1 saturated heterocycles. The Morgan fingerprint density at radius 2 is 2.25 bits per heavy atom. The highest BCUT2D eigenvalue weighted by molar-refractivity contribution is 9.10. The number of halogens is 2. The summed E-state index contributed by atoms with van der Waals surface area (Å²) in [6, 6.07) is 5.67. The summed E-state index contributed by atoms with van der Waals surface area (Å²) in [5.41, 5.74) is 0.881. The van der Waals surface area contributed by atoms with E-state index in [9.17, 15) is 4.79 Å². The predicted molar refractivity (Wildman–Crippen MR) is 70.4 cm³/mol. The van der Waals surface area contributed by atoms with Crippen molar-refractivity contribution in [1.29, 1.82) is 0 Å². The van der Waals surface area contributed by atoms with Gasteiger partial charge < -0.3 is 9.64 Å². The average molecular weight is 349 g/mol. The molecule has 86 valence electrons. The highest BCUT2D eigenvalue weighted by Gasteiger charge is 2.29. The summed E-state index contributed by atoms with van der Waals surface area (Å²) < 4.78 is 6.10. The smallest absolute Gasteiger partial charge is 0.228 e. The summed E-state index contributed by atoms with van der Waals surface area (Å²) >= 11 is 6.85. The Morgan fingerprint density at radius 3 is 2.81 bits per heavy atom. The lowest BCUT2D eigenvalue weighted by atomic mass is 10.3. The Bertz CT molecular complexity index is 422. The number of nitrogens with zero attached hydrogens (tertiary/aromatic N) is 1. The van der Waals surface area contributed by atoms with E-state index < -0.39 is 0 Å². The van der Waals surface area contributed by atoms with Gasteiger partial charge in [0.25, 0.3) is 0 Å². The number of amides is 1. The standard InChI is InChI=1S/C11H11Br2NO2/c1-16-10-5-8(2-3-9(10)13)14-6-7(12)4-11(14)15/h2-3,5,7H,4,6H2,1H3. The first-order valence-corrected chi connectivity index (χ1v) is 6.60. The Balaban J connectivity index is 2.30. The third kappa shape index (κ3) is 2.25. The first-order chi connectivity index (χ1) is 7.61. The Kier molecular flexibility index (Phi) is 3.54. The van der Waals surface area contributed by atoms with Crippen molar-refractivity contribution in [2.75, 3.05) is 18.6 Å². The molecule has 0 bridgehead atoms. The number of rotatable bonds is 2. The van der Waals surface area contributed by atoms with Crippen LogP contribution in [-0.2, 0) is 4.79 Å². The second-order valence-corrected chi connectivity index (χ2v) is 5.77. The second-order valence-electron chi connectivity index (χ2n) is 3.62. The van der Waals surface area contributed by atoms with Crippen LogP contribution in [0.15, 0.2) is 22.7 Å². The van der Waals surface area contributed by atoms with Crippen LogP contribution in [0, 0.1) is 0 Å². The van der Waals surface area contributed by atoms with Crippen LogP contribution >= 0.6 is 31.9 Å². The first kappa shape index (κ1) is 11.9. The zero-order chi connectivity index (χ0) is 11.7. The number of benzene rings is 1. The lowest BCUT2D eigenvalue weighted by Gasteiger charge is -2.17. The molecule has 1 aliphatic rings. The summed E-state index contributed by atoms with van der Waals surface area (Å²) in [6.07, 6.45) is 0.554. The van der Waals surface area contributed by atoms with Crippen LogP contribution in [0.25, 0.3) is 0 Å². The molecule has 16 heavy (non-hydrogen) atoms. The van der Waals surface area contributed by atoms with Crippen molar-refractivity contribution in [2.45, 2.75) is 11.2 Å². The van der Waals surface area contributed by atoms with E-state index in [1.807, 2.05) is 18.2 Å². The molecule has 1 fully saturated rings. The number of anilines is 1. The fraction of sp³-hybridized carbons (Fsp3) is 0.364. The highest BCUT2D eigenvalue weighted by atomic mass is 79.9. The summed E-state index contributed by atoms with van der Waals surface area (Å²) in [5.74, 6) is 0.884. The van der Waals surface area contributed by atoms with Gasteiger partial charge in [-0.05, 0) is 28.1 Å². The van der Waals surface area contributed by atoms with Gasteiger partial charge in [0, 0.05) is 29.5 Å². The van der Waals surface area contributed by atoms with Gasteiger partial charge in [-0.3, -0.25) is 4.79 Å². The maximum atomic E-state index is 11.7. The van der Waals surface area contributed by atoms with Gasteiger partial charge >= 0.3 is 0 Å². The molecule has 0 spiro atoms. The minimum Gasteiger partial charge on any atom is -0.495 e. The minimum atomic E-state index is 0.145. The van der Waals surface area contributed by atoms with Crippen molar-refractivity contribution in [3.63, 3.8) is 0 Å². The molecule has 0 aromatic heterocycles. The molecule has 1 aromatic carbocycles. The second kappa shape index (κ2) is 4.75. The number of hydrogen-bond acceptors (Lipinski definition) is 2. The van der Waals surface area contributed by atoms with E-state index in [1.54, 1.807) is 12.0 Å². The Morgan fingerprint density at radius 1 is 1.50 bits per heavy atom. The third-order valence-electron chi connectivity index (χ3n) is 2.52. The lowest BCUT2D eigenvalue weighted by Crippen LogP contribution is -2.24. The van der Waals surface area contributed by atoms with E-state index in [4.69, 9.17) is 4.74 Å². The molecule has 1 amide bonds. The largest absolute Gasteiger partial charge is 0.495 e. The summed E-state index contributed by atoms with van der Waals surface area (Å²) in [4.78, 5) is 13.7. The predicted octanol–water partition coefficient (Wildman–Crippen LogP) is 2.96. The van der Waals surface area contributed by atoms with Crippen LogP contribution in [0.1, 0.15) is 6.42 Å². The van der Waals surface area contributed by atoms with Crippen LogP contribution in [0.5, 0.6) is 5.75 Å². The molecule has 0 saturated carbocycles. The van der Waals surface area contributed by atoms with Gasteiger partial charge in [0.1, 0.15) is 5.75 Å². The number of carbonyl (C=O) groups excluding carboxylic acids is 1. The van der Waals surface area contributed by atoms with Crippen molar-refractivity contribution >= 4 is 43.5 Å². The van der Waals surface area contributed by atoms with Crippen LogP contribution in [0.4, 0.5) is 5.69 Å². The number of hydrogen-bond donors (Lipinski definition) is 0. The van der Waals surface area contributed by atoms with E-state index in [-0.39, 0.29) is 10.7 Å². The first-order valence-electron chi connectivity index (χ1n) is 4.90. The maximum absolute atomic E-state index is 11.7. The zero-order valence-electron chi connectivity index (χ0n) is 8.74. The highest BCUT2D eigenvalue weighted by Crippen LogP contribution is 2.32. The Labute approximate surface area is 111 Å². The molecule has 1 aromatic rings. The van der Waals surface area contributed by atoms with Crippen LogP contribution in [-0.4, -0.2) is 24.4 Å².